The summed E-state index contributed by atoms with van der Waals surface area (Å²) >= 11 is 18.8. The van der Waals surface area contributed by atoms with Crippen molar-refractivity contribution in [2.75, 3.05) is 6.61 Å². The van der Waals surface area contributed by atoms with Gasteiger partial charge in [-0.1, -0.05) is 71.2 Å². The van der Waals surface area contributed by atoms with Gasteiger partial charge in [-0.25, -0.2) is 0 Å². The molecule has 0 aliphatic heterocycles. The second-order valence-corrected chi connectivity index (χ2v) is 8.11. The molecule has 1 unspecified atom stereocenters. The SMILES string of the molecule is CCOc1cc(CNC(C)c2ccccc2)c(Cl)cc1OCc1ccc(Cl)cc1Cl. The van der Waals surface area contributed by atoms with E-state index < -0.39 is 0 Å². The zero-order valence-corrected chi connectivity index (χ0v) is 19.2. The normalized spacial score (nSPS) is 11.9. The Bertz CT molecular complexity index is 980. The third-order valence-electron chi connectivity index (χ3n) is 4.71. The molecule has 0 aromatic heterocycles. The van der Waals surface area contributed by atoms with E-state index in [4.69, 9.17) is 44.3 Å². The lowest BCUT2D eigenvalue weighted by molar-refractivity contribution is 0.269. The molecule has 0 fully saturated rings. The molecule has 0 aliphatic carbocycles. The van der Waals surface area contributed by atoms with Crippen LogP contribution in [0.2, 0.25) is 15.1 Å². The van der Waals surface area contributed by atoms with E-state index >= 15 is 0 Å². The van der Waals surface area contributed by atoms with Crippen molar-refractivity contribution in [3.8, 4) is 11.5 Å². The molecule has 0 radical (unpaired) electrons. The Morgan fingerprint density at radius 2 is 1.53 bits per heavy atom. The second kappa shape index (κ2) is 10.9. The summed E-state index contributed by atoms with van der Waals surface area (Å²) in [6.45, 7) is 5.48. The summed E-state index contributed by atoms with van der Waals surface area (Å²) in [4.78, 5) is 0. The van der Waals surface area contributed by atoms with Crippen LogP contribution >= 0.6 is 34.8 Å². The molecule has 3 aromatic rings. The lowest BCUT2D eigenvalue weighted by Crippen LogP contribution is -2.18. The Balaban J connectivity index is 1.73. The average molecular weight is 465 g/mol. The van der Waals surface area contributed by atoms with Crippen LogP contribution in [0.25, 0.3) is 0 Å². The molecule has 0 saturated carbocycles. The Morgan fingerprint density at radius 3 is 2.23 bits per heavy atom. The summed E-state index contributed by atoms with van der Waals surface area (Å²) in [5.41, 5.74) is 3.00. The van der Waals surface area contributed by atoms with Gasteiger partial charge in [-0.05, 0) is 43.2 Å². The number of nitrogens with one attached hydrogen (secondary N) is 1. The minimum Gasteiger partial charge on any atom is -0.490 e. The number of halogens is 3. The van der Waals surface area contributed by atoms with Gasteiger partial charge in [0.2, 0.25) is 0 Å². The van der Waals surface area contributed by atoms with Crippen LogP contribution in [0.4, 0.5) is 0 Å². The highest BCUT2D eigenvalue weighted by molar-refractivity contribution is 6.35. The van der Waals surface area contributed by atoms with Crippen molar-refractivity contribution in [2.24, 2.45) is 0 Å². The smallest absolute Gasteiger partial charge is 0.163 e. The second-order valence-electron chi connectivity index (χ2n) is 6.86. The number of benzene rings is 3. The van der Waals surface area contributed by atoms with Crippen molar-refractivity contribution in [3.05, 3.63) is 92.4 Å². The minimum atomic E-state index is 0.195. The lowest BCUT2D eigenvalue weighted by atomic mass is 10.1. The number of hydrogen-bond donors (Lipinski definition) is 1. The fourth-order valence-corrected chi connectivity index (χ4v) is 3.69. The Hall–Kier alpha value is -1.91. The van der Waals surface area contributed by atoms with E-state index in [1.165, 1.54) is 5.56 Å². The minimum absolute atomic E-state index is 0.195. The highest BCUT2D eigenvalue weighted by Crippen LogP contribution is 2.35. The molecular weight excluding hydrogens is 441 g/mol. The van der Waals surface area contributed by atoms with Gasteiger partial charge in [-0.2, -0.15) is 0 Å². The molecule has 6 heteroatoms. The Kier molecular flexibility index (Phi) is 8.29. The van der Waals surface area contributed by atoms with Gasteiger partial charge < -0.3 is 14.8 Å². The van der Waals surface area contributed by atoms with Crippen LogP contribution in [-0.2, 0) is 13.2 Å². The summed E-state index contributed by atoms with van der Waals surface area (Å²) in [6, 6.07) is 19.5. The maximum atomic E-state index is 6.55. The maximum absolute atomic E-state index is 6.55. The van der Waals surface area contributed by atoms with E-state index in [9.17, 15) is 0 Å². The van der Waals surface area contributed by atoms with Crippen LogP contribution in [0.15, 0.2) is 60.7 Å². The van der Waals surface area contributed by atoms with Crippen LogP contribution in [0.1, 0.15) is 36.6 Å². The van der Waals surface area contributed by atoms with Crippen LogP contribution in [0.3, 0.4) is 0 Å². The van der Waals surface area contributed by atoms with E-state index in [0.717, 1.165) is 11.1 Å². The third-order valence-corrected chi connectivity index (χ3v) is 5.65. The molecule has 0 heterocycles. The molecule has 0 saturated heterocycles. The van der Waals surface area contributed by atoms with Gasteiger partial charge in [0.25, 0.3) is 0 Å². The van der Waals surface area contributed by atoms with E-state index in [1.54, 1.807) is 18.2 Å². The molecule has 3 rings (SSSR count). The monoisotopic (exact) mass is 463 g/mol. The summed E-state index contributed by atoms with van der Waals surface area (Å²) < 4.78 is 11.8. The Morgan fingerprint density at radius 1 is 0.833 bits per heavy atom. The zero-order valence-electron chi connectivity index (χ0n) is 16.9. The van der Waals surface area contributed by atoms with Gasteiger partial charge in [-0.3, -0.25) is 0 Å². The van der Waals surface area contributed by atoms with Crippen molar-refractivity contribution in [2.45, 2.75) is 33.0 Å². The molecule has 0 spiro atoms. The summed E-state index contributed by atoms with van der Waals surface area (Å²) in [6.07, 6.45) is 0. The molecule has 3 aromatic carbocycles. The van der Waals surface area contributed by atoms with Crippen LogP contribution in [0.5, 0.6) is 11.5 Å². The van der Waals surface area contributed by atoms with E-state index in [2.05, 4.69) is 24.4 Å². The number of rotatable bonds is 9. The van der Waals surface area contributed by atoms with Gasteiger partial charge in [0.1, 0.15) is 6.61 Å². The molecular formula is C24H24Cl3NO2. The molecule has 0 aliphatic rings. The fraction of sp³-hybridized carbons (Fsp3) is 0.250. The van der Waals surface area contributed by atoms with Crippen LogP contribution < -0.4 is 14.8 Å². The largest absolute Gasteiger partial charge is 0.490 e. The van der Waals surface area contributed by atoms with E-state index in [1.807, 2.05) is 37.3 Å². The van der Waals surface area contributed by atoms with Gasteiger partial charge in [0, 0.05) is 39.3 Å². The van der Waals surface area contributed by atoms with Gasteiger partial charge in [0.15, 0.2) is 11.5 Å². The number of hydrogen-bond acceptors (Lipinski definition) is 3. The molecule has 3 nitrogen and oxygen atoms in total. The summed E-state index contributed by atoms with van der Waals surface area (Å²) in [7, 11) is 0. The number of ether oxygens (including phenoxy) is 2. The van der Waals surface area contributed by atoms with Crippen molar-refractivity contribution in [1.29, 1.82) is 0 Å². The topological polar surface area (TPSA) is 30.5 Å². The summed E-state index contributed by atoms with van der Waals surface area (Å²) in [5, 5.41) is 5.26. The van der Waals surface area contributed by atoms with Gasteiger partial charge in [0.05, 0.1) is 6.61 Å². The van der Waals surface area contributed by atoms with E-state index in [-0.39, 0.29) is 12.6 Å². The predicted molar refractivity (Wildman–Crippen MR) is 125 cm³/mol. The Labute approximate surface area is 192 Å². The quantitative estimate of drug-likeness (QED) is 0.356. The zero-order chi connectivity index (χ0) is 21.5. The molecule has 0 bridgehead atoms. The first-order valence-electron chi connectivity index (χ1n) is 9.78. The maximum Gasteiger partial charge on any atom is 0.163 e. The van der Waals surface area contributed by atoms with Gasteiger partial charge in [-0.15, -0.1) is 0 Å². The first-order valence-corrected chi connectivity index (χ1v) is 10.9. The first kappa shape index (κ1) is 22.8. The molecule has 158 valence electrons. The third kappa shape index (κ3) is 6.05. The molecule has 30 heavy (non-hydrogen) atoms. The van der Waals surface area contributed by atoms with Crippen molar-refractivity contribution in [1.82, 2.24) is 5.32 Å². The van der Waals surface area contributed by atoms with E-state index in [0.29, 0.717) is 39.7 Å². The fourth-order valence-electron chi connectivity index (χ4n) is 3.01. The highest BCUT2D eigenvalue weighted by Gasteiger charge is 2.14. The highest BCUT2D eigenvalue weighted by atomic mass is 35.5. The molecule has 0 amide bonds. The van der Waals surface area contributed by atoms with Crippen molar-refractivity contribution in [3.63, 3.8) is 0 Å². The van der Waals surface area contributed by atoms with Crippen molar-refractivity contribution < 1.29 is 9.47 Å². The molecule has 1 N–H and O–H groups in total. The lowest BCUT2D eigenvalue weighted by Gasteiger charge is -2.18. The van der Waals surface area contributed by atoms with Crippen LogP contribution in [0, 0.1) is 0 Å². The van der Waals surface area contributed by atoms with Crippen molar-refractivity contribution >= 4 is 34.8 Å². The predicted octanol–water partition coefficient (Wildman–Crippen LogP) is 7.48. The van der Waals surface area contributed by atoms with Gasteiger partial charge >= 0.3 is 0 Å². The first-order chi connectivity index (χ1) is 14.5. The van der Waals surface area contributed by atoms with Crippen LogP contribution in [-0.4, -0.2) is 6.61 Å². The summed E-state index contributed by atoms with van der Waals surface area (Å²) in [5.74, 6) is 1.23. The standard InChI is InChI=1S/C24H24Cl3NO2/c1-3-29-23-11-19(14-28-16(2)17-7-5-4-6-8-17)22(27)13-24(23)30-15-18-9-10-20(25)12-21(18)26/h4-13,16,28H,3,14-15H2,1-2H3. The average Bonchev–Trinajstić information content (AvgIpc) is 2.74. The molecule has 1 atom stereocenters.